The molecule has 0 aliphatic carbocycles. The maximum absolute atomic E-state index is 12.5. The molecule has 4 heteroatoms. The lowest BCUT2D eigenvalue weighted by molar-refractivity contribution is -0.121. The average molecular weight is 333 g/mol. The normalized spacial score (nSPS) is 11.9. The molecule has 0 aliphatic heterocycles. The lowest BCUT2D eigenvalue weighted by atomic mass is 10.0. The number of aromatic nitrogens is 2. The van der Waals surface area contributed by atoms with Gasteiger partial charge in [0.15, 0.2) is 0 Å². The molecule has 0 unspecified atom stereocenters. The first-order chi connectivity index (χ1) is 12.1. The molecule has 0 spiro atoms. The van der Waals surface area contributed by atoms with Crippen molar-refractivity contribution in [1.29, 1.82) is 0 Å². The van der Waals surface area contributed by atoms with Gasteiger partial charge in [-0.05, 0) is 24.5 Å². The maximum atomic E-state index is 12.5. The van der Waals surface area contributed by atoms with Crippen LogP contribution in [0.15, 0.2) is 67.0 Å². The summed E-state index contributed by atoms with van der Waals surface area (Å²) in [6.45, 7) is 2.06. The van der Waals surface area contributed by atoms with Gasteiger partial charge in [-0.25, -0.2) is 4.98 Å². The minimum Gasteiger partial charge on any atom is -0.342 e. The van der Waals surface area contributed by atoms with E-state index in [1.807, 2.05) is 48.1 Å². The second-order valence-electron chi connectivity index (χ2n) is 6.29. The minimum atomic E-state index is -0.244. The van der Waals surface area contributed by atoms with Crippen LogP contribution in [0.5, 0.6) is 0 Å². The Morgan fingerprint density at radius 1 is 1.12 bits per heavy atom. The van der Waals surface area contributed by atoms with Gasteiger partial charge >= 0.3 is 0 Å². The van der Waals surface area contributed by atoms with Gasteiger partial charge in [0.25, 0.3) is 0 Å². The molecule has 3 aromatic rings. The van der Waals surface area contributed by atoms with E-state index in [2.05, 4.69) is 41.5 Å². The van der Waals surface area contributed by atoms with Crippen molar-refractivity contribution in [2.45, 2.75) is 25.8 Å². The third-order valence-corrected chi connectivity index (χ3v) is 4.32. The number of hydrogen-bond acceptors (Lipinski definition) is 2. The molecule has 0 saturated heterocycles. The Labute approximate surface area is 148 Å². The smallest absolute Gasteiger partial charge is 0.221 e. The monoisotopic (exact) mass is 333 g/mol. The minimum absolute atomic E-state index is 0.0254. The predicted molar refractivity (Wildman–Crippen MR) is 99.1 cm³/mol. The van der Waals surface area contributed by atoms with Crippen molar-refractivity contribution in [3.05, 3.63) is 89.5 Å². The van der Waals surface area contributed by atoms with Crippen molar-refractivity contribution in [1.82, 2.24) is 14.9 Å². The quantitative estimate of drug-likeness (QED) is 0.750. The Kier molecular flexibility index (Phi) is 5.29. The summed E-state index contributed by atoms with van der Waals surface area (Å²) >= 11 is 0. The molecular weight excluding hydrogens is 310 g/mol. The van der Waals surface area contributed by atoms with Gasteiger partial charge in [-0.2, -0.15) is 0 Å². The topological polar surface area (TPSA) is 46.9 Å². The van der Waals surface area contributed by atoms with E-state index in [1.165, 1.54) is 11.1 Å². The summed E-state index contributed by atoms with van der Waals surface area (Å²) in [5, 5.41) is 3.14. The molecule has 0 radical (unpaired) electrons. The molecule has 25 heavy (non-hydrogen) atoms. The van der Waals surface area contributed by atoms with Gasteiger partial charge in [-0.15, -0.1) is 0 Å². The third kappa shape index (κ3) is 4.35. The Hall–Kier alpha value is -2.88. The van der Waals surface area contributed by atoms with Crippen LogP contribution >= 0.6 is 0 Å². The number of rotatable bonds is 6. The second kappa shape index (κ2) is 7.79. The molecule has 128 valence electrons. The zero-order chi connectivity index (χ0) is 17.6. The number of nitrogens with zero attached hydrogens (tertiary/aromatic N) is 2. The lowest BCUT2D eigenvalue weighted by Crippen LogP contribution is -2.31. The Balaban J connectivity index is 1.71. The molecule has 4 nitrogen and oxygen atoms in total. The van der Waals surface area contributed by atoms with Crippen molar-refractivity contribution < 1.29 is 4.79 Å². The number of carbonyl (C=O) groups excluding carboxylic acids is 1. The molecule has 2 aromatic carbocycles. The number of hydrogen-bond donors (Lipinski definition) is 1. The fraction of sp³-hybridized carbons (Fsp3) is 0.238. The molecule has 0 saturated carbocycles. The van der Waals surface area contributed by atoms with E-state index >= 15 is 0 Å². The largest absolute Gasteiger partial charge is 0.342 e. The van der Waals surface area contributed by atoms with Crippen LogP contribution in [0.2, 0.25) is 0 Å². The van der Waals surface area contributed by atoms with Crippen molar-refractivity contribution in [2.75, 3.05) is 0 Å². The van der Waals surface area contributed by atoms with Gasteiger partial charge in [0.2, 0.25) is 5.91 Å². The van der Waals surface area contributed by atoms with Gasteiger partial charge in [0, 0.05) is 25.9 Å². The summed E-state index contributed by atoms with van der Waals surface area (Å²) in [4.78, 5) is 16.9. The summed E-state index contributed by atoms with van der Waals surface area (Å²) < 4.78 is 1.94. The second-order valence-corrected chi connectivity index (χ2v) is 6.29. The van der Waals surface area contributed by atoms with Crippen LogP contribution in [-0.4, -0.2) is 15.5 Å². The fourth-order valence-electron chi connectivity index (χ4n) is 2.84. The maximum Gasteiger partial charge on any atom is 0.221 e. The Morgan fingerprint density at radius 2 is 1.84 bits per heavy atom. The average Bonchev–Trinajstić information content (AvgIpc) is 3.06. The number of amides is 1. The van der Waals surface area contributed by atoms with Gasteiger partial charge < -0.3 is 9.88 Å². The molecule has 1 amide bonds. The Bertz CT molecular complexity index is 822. The van der Waals surface area contributed by atoms with E-state index in [1.54, 1.807) is 6.20 Å². The SMILES string of the molecule is Cc1ccc(CCC(=O)N[C@@H](c2ccccc2)c2nccn2C)cc1. The van der Waals surface area contributed by atoms with Gasteiger partial charge in [-0.1, -0.05) is 60.2 Å². The molecule has 0 fully saturated rings. The predicted octanol–water partition coefficient (Wildman–Crippen LogP) is 3.57. The zero-order valence-electron chi connectivity index (χ0n) is 14.6. The summed E-state index contributed by atoms with van der Waals surface area (Å²) in [6, 6.07) is 18.0. The first kappa shape index (κ1) is 17.0. The first-order valence-corrected chi connectivity index (χ1v) is 8.50. The van der Waals surface area contributed by atoms with E-state index in [9.17, 15) is 4.79 Å². The molecule has 1 aromatic heterocycles. The molecule has 1 atom stereocenters. The zero-order valence-corrected chi connectivity index (χ0v) is 14.6. The van der Waals surface area contributed by atoms with Crippen LogP contribution < -0.4 is 5.32 Å². The highest BCUT2D eigenvalue weighted by atomic mass is 16.1. The number of carbonyl (C=O) groups is 1. The van der Waals surface area contributed by atoms with Crippen LogP contribution in [0, 0.1) is 6.92 Å². The lowest BCUT2D eigenvalue weighted by Gasteiger charge is -2.19. The van der Waals surface area contributed by atoms with Gasteiger partial charge in [0.1, 0.15) is 11.9 Å². The summed E-state index contributed by atoms with van der Waals surface area (Å²) in [7, 11) is 1.94. The van der Waals surface area contributed by atoms with Crippen LogP contribution in [0.3, 0.4) is 0 Å². The fourth-order valence-corrected chi connectivity index (χ4v) is 2.84. The summed E-state index contributed by atoms with van der Waals surface area (Å²) in [5.74, 6) is 0.854. The summed E-state index contributed by atoms with van der Waals surface area (Å²) in [6.07, 6.45) is 4.83. The molecule has 3 rings (SSSR count). The standard InChI is InChI=1S/C21H23N3O/c1-16-8-10-17(11-9-16)12-13-19(25)23-20(18-6-4-3-5-7-18)21-22-14-15-24(21)2/h3-11,14-15,20H,12-13H2,1-2H3,(H,23,25)/t20-/m0/s1. The van der Waals surface area contributed by atoms with Crippen LogP contribution in [0.1, 0.15) is 35.0 Å². The summed E-state index contributed by atoms with van der Waals surface area (Å²) in [5.41, 5.74) is 3.43. The number of nitrogens with one attached hydrogen (secondary N) is 1. The van der Waals surface area contributed by atoms with Gasteiger partial charge in [0.05, 0.1) is 0 Å². The van der Waals surface area contributed by atoms with Crippen LogP contribution in [0.25, 0.3) is 0 Å². The Morgan fingerprint density at radius 3 is 2.48 bits per heavy atom. The van der Waals surface area contributed by atoms with Gasteiger partial charge in [-0.3, -0.25) is 4.79 Å². The highest BCUT2D eigenvalue weighted by molar-refractivity contribution is 5.77. The molecular formula is C21H23N3O. The van der Waals surface area contributed by atoms with E-state index in [0.29, 0.717) is 6.42 Å². The number of imidazole rings is 1. The number of aryl methyl sites for hydroxylation is 3. The van der Waals surface area contributed by atoms with Crippen molar-refractivity contribution >= 4 is 5.91 Å². The van der Waals surface area contributed by atoms with E-state index in [0.717, 1.165) is 17.8 Å². The highest BCUT2D eigenvalue weighted by Crippen LogP contribution is 2.20. The molecule has 1 heterocycles. The van der Waals surface area contributed by atoms with E-state index in [4.69, 9.17) is 0 Å². The van der Waals surface area contributed by atoms with Crippen molar-refractivity contribution in [3.8, 4) is 0 Å². The van der Waals surface area contributed by atoms with E-state index < -0.39 is 0 Å². The van der Waals surface area contributed by atoms with E-state index in [-0.39, 0.29) is 11.9 Å². The number of benzene rings is 2. The molecule has 0 aliphatic rings. The third-order valence-electron chi connectivity index (χ3n) is 4.32. The van der Waals surface area contributed by atoms with Crippen molar-refractivity contribution in [2.24, 2.45) is 7.05 Å². The van der Waals surface area contributed by atoms with Crippen LogP contribution in [-0.2, 0) is 18.3 Å². The molecule has 1 N–H and O–H groups in total. The molecule has 0 bridgehead atoms. The van der Waals surface area contributed by atoms with Crippen LogP contribution in [0.4, 0.5) is 0 Å². The van der Waals surface area contributed by atoms with Crippen molar-refractivity contribution in [3.63, 3.8) is 0 Å². The highest BCUT2D eigenvalue weighted by Gasteiger charge is 2.20. The first-order valence-electron chi connectivity index (χ1n) is 8.50.